The van der Waals surface area contributed by atoms with Crippen molar-refractivity contribution in [2.75, 3.05) is 11.5 Å². The lowest BCUT2D eigenvalue weighted by Gasteiger charge is -2.08. The fourth-order valence-electron chi connectivity index (χ4n) is 3.16. The predicted molar refractivity (Wildman–Crippen MR) is 128 cm³/mol. The maximum atomic E-state index is 13.2. The molecule has 0 saturated carbocycles. The summed E-state index contributed by atoms with van der Waals surface area (Å²) < 4.78 is 101. The molecule has 37 heavy (non-hydrogen) atoms. The number of anilines is 2. The van der Waals surface area contributed by atoms with Crippen molar-refractivity contribution in [2.45, 2.75) is 12.4 Å². The molecular weight excluding hydrogens is 528 g/mol. The maximum absolute atomic E-state index is 13.2. The fraction of sp³-hybridized carbons (Fsp3) is 0.0769. The minimum Gasteiger partial charge on any atom is -0.398 e. The second-order valence-corrected chi connectivity index (χ2v) is 8.15. The van der Waals surface area contributed by atoms with Crippen LogP contribution in [-0.4, -0.2) is 0 Å². The van der Waals surface area contributed by atoms with Crippen LogP contribution in [0.3, 0.4) is 0 Å². The van der Waals surface area contributed by atoms with Gasteiger partial charge in [-0.1, -0.05) is 41.9 Å². The van der Waals surface area contributed by atoms with E-state index >= 15 is 0 Å². The summed E-state index contributed by atoms with van der Waals surface area (Å²) in [7, 11) is 0. The average molecular weight is 545 g/mol. The van der Waals surface area contributed by atoms with Gasteiger partial charge in [0, 0.05) is 0 Å². The summed E-state index contributed by atoms with van der Waals surface area (Å²) in [6.45, 7) is 0. The van der Waals surface area contributed by atoms with Crippen molar-refractivity contribution in [1.82, 2.24) is 0 Å². The number of rotatable bonds is 2. The zero-order valence-corrected chi connectivity index (χ0v) is 19.3. The number of halogens is 9. The Morgan fingerprint density at radius 3 is 1.27 bits per heavy atom. The lowest BCUT2D eigenvalue weighted by atomic mass is 10.0. The molecule has 2 nitrogen and oxygen atoms in total. The molecule has 0 saturated heterocycles. The molecule has 0 spiro atoms. The SMILES string of the molecule is Nc1c(F)cc(-c2ccc(C(F)(F)F)cc2)cc1F.Nc1ccc(-c2ccc(C(F)(F)F)cc2)cc1Cl. The Hall–Kier alpha value is -3.79. The summed E-state index contributed by atoms with van der Waals surface area (Å²) in [5, 5.41) is 0.382. The van der Waals surface area contributed by atoms with Gasteiger partial charge in [-0.25, -0.2) is 8.78 Å². The Morgan fingerprint density at radius 2 is 0.892 bits per heavy atom. The van der Waals surface area contributed by atoms with Crippen LogP contribution in [0, 0.1) is 11.6 Å². The van der Waals surface area contributed by atoms with E-state index in [2.05, 4.69) is 0 Å². The summed E-state index contributed by atoms with van der Waals surface area (Å²) in [4.78, 5) is 0. The first-order valence-electron chi connectivity index (χ1n) is 10.3. The van der Waals surface area contributed by atoms with Crippen molar-refractivity contribution in [3.63, 3.8) is 0 Å². The Labute approximate surface area is 211 Å². The molecule has 0 heterocycles. The van der Waals surface area contributed by atoms with Gasteiger partial charge in [-0.15, -0.1) is 0 Å². The first-order valence-corrected chi connectivity index (χ1v) is 10.7. The second kappa shape index (κ2) is 10.7. The molecular formula is C26H17ClF8N2. The molecule has 0 aromatic heterocycles. The van der Waals surface area contributed by atoms with Crippen LogP contribution in [0.5, 0.6) is 0 Å². The standard InChI is InChI=1S/C13H9ClF3N.C13H8F5N/c14-11-7-9(3-6-12(11)18)8-1-4-10(5-2-8)13(15,16)17;14-10-5-8(6-11(15)12(10)19)7-1-3-9(4-2-7)13(16,17)18/h1-7H,18H2;1-6H,19H2. The zero-order chi connectivity index (χ0) is 27.5. The molecule has 0 aliphatic rings. The van der Waals surface area contributed by atoms with Crippen LogP contribution in [0.4, 0.5) is 46.5 Å². The Balaban J connectivity index is 0.000000206. The molecule has 11 heteroatoms. The van der Waals surface area contributed by atoms with Gasteiger partial charge < -0.3 is 11.5 Å². The normalized spacial score (nSPS) is 11.6. The summed E-state index contributed by atoms with van der Waals surface area (Å²) in [5.41, 5.74) is 10.8. The molecule has 0 aliphatic carbocycles. The maximum Gasteiger partial charge on any atom is 0.416 e. The van der Waals surface area contributed by atoms with E-state index in [-0.39, 0.29) is 11.1 Å². The van der Waals surface area contributed by atoms with Crippen molar-refractivity contribution < 1.29 is 35.1 Å². The van der Waals surface area contributed by atoms with Crippen LogP contribution < -0.4 is 11.5 Å². The molecule has 0 atom stereocenters. The molecule has 194 valence electrons. The van der Waals surface area contributed by atoms with Crippen molar-refractivity contribution in [1.29, 1.82) is 0 Å². The third-order valence-electron chi connectivity index (χ3n) is 5.17. The molecule has 0 aliphatic heterocycles. The third kappa shape index (κ3) is 6.91. The lowest BCUT2D eigenvalue weighted by Crippen LogP contribution is -2.04. The molecule has 4 aromatic carbocycles. The molecule has 4 N–H and O–H groups in total. The number of hydrogen-bond acceptors (Lipinski definition) is 2. The van der Waals surface area contributed by atoms with Crippen molar-refractivity contribution in [2.24, 2.45) is 0 Å². The summed E-state index contributed by atoms with van der Waals surface area (Å²) in [5.74, 6) is -1.90. The van der Waals surface area contributed by atoms with E-state index in [0.29, 0.717) is 16.3 Å². The van der Waals surface area contributed by atoms with Gasteiger partial charge in [-0.2, -0.15) is 26.3 Å². The highest BCUT2D eigenvalue weighted by Gasteiger charge is 2.30. The lowest BCUT2D eigenvalue weighted by molar-refractivity contribution is -0.138. The number of hydrogen-bond donors (Lipinski definition) is 2. The Bertz CT molecular complexity index is 1360. The average Bonchev–Trinajstić information content (AvgIpc) is 2.83. The molecule has 0 bridgehead atoms. The van der Waals surface area contributed by atoms with Crippen LogP contribution >= 0.6 is 11.6 Å². The van der Waals surface area contributed by atoms with Crippen molar-refractivity contribution in [3.8, 4) is 22.3 Å². The number of nitrogen functional groups attached to an aromatic ring is 2. The van der Waals surface area contributed by atoms with Crippen LogP contribution in [0.15, 0.2) is 78.9 Å². The predicted octanol–water partition coefficient (Wildman–Crippen LogP) is 8.84. The van der Waals surface area contributed by atoms with E-state index in [1.54, 1.807) is 18.2 Å². The Kier molecular flexibility index (Phi) is 8.02. The van der Waals surface area contributed by atoms with E-state index in [9.17, 15) is 35.1 Å². The number of nitrogens with two attached hydrogens (primary N) is 2. The first-order chi connectivity index (χ1) is 17.2. The molecule has 0 unspecified atom stereocenters. The largest absolute Gasteiger partial charge is 0.416 e. The number of benzene rings is 4. The summed E-state index contributed by atoms with van der Waals surface area (Å²) >= 11 is 5.86. The van der Waals surface area contributed by atoms with Gasteiger partial charge in [0.25, 0.3) is 0 Å². The number of alkyl halides is 6. The molecule has 4 aromatic rings. The molecule has 0 amide bonds. The fourth-order valence-corrected chi connectivity index (χ4v) is 3.34. The van der Waals surface area contributed by atoms with E-state index in [1.807, 2.05) is 0 Å². The minimum absolute atomic E-state index is 0.123. The van der Waals surface area contributed by atoms with E-state index in [4.69, 9.17) is 23.1 Å². The van der Waals surface area contributed by atoms with Gasteiger partial charge in [-0.3, -0.25) is 0 Å². The quantitative estimate of drug-likeness (QED) is 0.196. The van der Waals surface area contributed by atoms with E-state index in [0.717, 1.165) is 54.1 Å². The van der Waals surface area contributed by atoms with E-state index in [1.165, 1.54) is 12.1 Å². The van der Waals surface area contributed by atoms with Crippen LogP contribution in [0.2, 0.25) is 5.02 Å². The van der Waals surface area contributed by atoms with Gasteiger partial charge in [0.2, 0.25) is 0 Å². The third-order valence-corrected chi connectivity index (χ3v) is 5.50. The van der Waals surface area contributed by atoms with Gasteiger partial charge in [0.15, 0.2) is 0 Å². The first kappa shape index (κ1) is 27.8. The highest BCUT2D eigenvalue weighted by molar-refractivity contribution is 6.33. The van der Waals surface area contributed by atoms with Gasteiger partial charge in [0.05, 0.1) is 21.8 Å². The van der Waals surface area contributed by atoms with Crippen LogP contribution in [0.25, 0.3) is 22.3 Å². The molecule has 0 radical (unpaired) electrons. The van der Waals surface area contributed by atoms with Crippen LogP contribution in [-0.2, 0) is 12.4 Å². The van der Waals surface area contributed by atoms with Crippen LogP contribution in [0.1, 0.15) is 11.1 Å². The Morgan fingerprint density at radius 1 is 0.514 bits per heavy atom. The smallest absolute Gasteiger partial charge is 0.398 e. The monoisotopic (exact) mass is 544 g/mol. The van der Waals surface area contributed by atoms with Gasteiger partial charge >= 0.3 is 12.4 Å². The van der Waals surface area contributed by atoms with Gasteiger partial charge in [-0.05, 0) is 70.8 Å². The molecule has 4 rings (SSSR count). The summed E-state index contributed by atoms with van der Waals surface area (Å²) in [6.07, 6.45) is -8.77. The second-order valence-electron chi connectivity index (χ2n) is 7.74. The highest BCUT2D eigenvalue weighted by Crippen LogP contribution is 2.33. The van der Waals surface area contributed by atoms with Crippen molar-refractivity contribution >= 4 is 23.0 Å². The van der Waals surface area contributed by atoms with Crippen molar-refractivity contribution in [3.05, 3.63) is 107 Å². The highest BCUT2D eigenvalue weighted by atomic mass is 35.5. The van der Waals surface area contributed by atoms with Gasteiger partial charge in [0.1, 0.15) is 17.3 Å². The zero-order valence-electron chi connectivity index (χ0n) is 18.6. The topological polar surface area (TPSA) is 52.0 Å². The van der Waals surface area contributed by atoms with E-state index < -0.39 is 40.8 Å². The molecule has 0 fully saturated rings. The summed E-state index contributed by atoms with van der Waals surface area (Å²) in [6, 6.07) is 15.8. The minimum atomic E-state index is -4.45.